The number of aliphatic hydroxyl groups excluding tert-OH is 1. The SMILES string of the molecule is CC(=O)O[C@H]1[C@H](O)[C@H](CSC(C)=O)O[C@H]1CS. The summed E-state index contributed by atoms with van der Waals surface area (Å²) in [4.78, 5) is 21.7. The van der Waals surface area contributed by atoms with Gasteiger partial charge in [0.15, 0.2) is 11.2 Å². The van der Waals surface area contributed by atoms with Gasteiger partial charge >= 0.3 is 5.97 Å². The fourth-order valence-corrected chi connectivity index (χ4v) is 2.60. The van der Waals surface area contributed by atoms with E-state index in [0.29, 0.717) is 11.5 Å². The lowest BCUT2D eigenvalue weighted by molar-refractivity contribution is -0.152. The topological polar surface area (TPSA) is 72.8 Å². The first-order chi connectivity index (χ1) is 7.95. The smallest absolute Gasteiger partial charge is 0.303 e. The van der Waals surface area contributed by atoms with Crippen molar-refractivity contribution in [2.75, 3.05) is 11.5 Å². The number of thioether (sulfide) groups is 1. The third-order valence-electron chi connectivity index (χ3n) is 2.37. The van der Waals surface area contributed by atoms with E-state index >= 15 is 0 Å². The molecule has 0 aromatic carbocycles. The lowest BCUT2D eigenvalue weighted by Gasteiger charge is -2.18. The van der Waals surface area contributed by atoms with Crippen molar-refractivity contribution in [2.24, 2.45) is 0 Å². The highest BCUT2D eigenvalue weighted by atomic mass is 32.2. The fraction of sp³-hybridized carbons (Fsp3) is 0.800. The molecule has 0 aromatic heterocycles. The molecule has 0 radical (unpaired) electrons. The molecule has 1 N–H and O–H groups in total. The van der Waals surface area contributed by atoms with Crippen LogP contribution in [0.4, 0.5) is 0 Å². The minimum atomic E-state index is -0.914. The molecule has 0 amide bonds. The molecule has 0 aromatic rings. The van der Waals surface area contributed by atoms with Gasteiger partial charge in [0.2, 0.25) is 0 Å². The Kier molecular flexibility index (Phi) is 5.78. The molecule has 98 valence electrons. The monoisotopic (exact) mass is 280 g/mol. The molecule has 0 bridgehead atoms. The molecule has 1 fully saturated rings. The molecule has 7 heteroatoms. The summed E-state index contributed by atoms with van der Waals surface area (Å²) in [6.07, 6.45) is -2.56. The third-order valence-corrected chi connectivity index (χ3v) is 3.63. The second kappa shape index (κ2) is 6.63. The Labute approximate surface area is 110 Å². The Balaban J connectivity index is 2.59. The summed E-state index contributed by atoms with van der Waals surface area (Å²) in [5.41, 5.74) is 0. The van der Waals surface area contributed by atoms with Crippen molar-refractivity contribution in [3.8, 4) is 0 Å². The van der Waals surface area contributed by atoms with Crippen LogP contribution in [-0.2, 0) is 19.1 Å². The quantitative estimate of drug-likeness (QED) is 0.568. The zero-order chi connectivity index (χ0) is 13.0. The van der Waals surface area contributed by atoms with Crippen molar-refractivity contribution in [1.82, 2.24) is 0 Å². The number of rotatable bonds is 4. The van der Waals surface area contributed by atoms with Crippen LogP contribution < -0.4 is 0 Å². The van der Waals surface area contributed by atoms with E-state index in [4.69, 9.17) is 9.47 Å². The van der Waals surface area contributed by atoms with Crippen molar-refractivity contribution in [1.29, 1.82) is 0 Å². The minimum absolute atomic E-state index is 0.0424. The molecule has 17 heavy (non-hydrogen) atoms. The highest BCUT2D eigenvalue weighted by Crippen LogP contribution is 2.27. The average molecular weight is 280 g/mol. The molecule has 1 rings (SSSR count). The number of hydrogen-bond acceptors (Lipinski definition) is 7. The van der Waals surface area contributed by atoms with Crippen molar-refractivity contribution < 1.29 is 24.2 Å². The van der Waals surface area contributed by atoms with Crippen molar-refractivity contribution in [3.63, 3.8) is 0 Å². The fourth-order valence-electron chi connectivity index (χ4n) is 1.64. The molecule has 1 aliphatic heterocycles. The second-order valence-corrected chi connectivity index (χ2v) is 5.32. The normalized spacial score (nSPS) is 32.5. The van der Waals surface area contributed by atoms with E-state index in [0.717, 1.165) is 11.8 Å². The number of esters is 1. The number of hydrogen-bond donors (Lipinski definition) is 2. The summed E-state index contributed by atoms with van der Waals surface area (Å²) < 4.78 is 10.5. The van der Waals surface area contributed by atoms with Crippen LogP contribution in [0.2, 0.25) is 0 Å². The summed E-state index contributed by atoms with van der Waals surface area (Å²) in [6, 6.07) is 0. The molecule has 1 saturated heterocycles. The number of aliphatic hydroxyl groups is 1. The van der Waals surface area contributed by atoms with Gasteiger partial charge in [-0.3, -0.25) is 9.59 Å². The van der Waals surface area contributed by atoms with E-state index in [1.165, 1.54) is 13.8 Å². The molecule has 5 nitrogen and oxygen atoms in total. The number of carbonyl (C=O) groups excluding carboxylic acids is 2. The summed E-state index contributed by atoms with van der Waals surface area (Å²) >= 11 is 5.16. The Hall–Kier alpha value is -0.240. The maximum atomic E-state index is 10.9. The van der Waals surface area contributed by atoms with E-state index in [9.17, 15) is 14.7 Å². The lowest BCUT2D eigenvalue weighted by Crippen LogP contribution is -2.37. The largest absolute Gasteiger partial charge is 0.457 e. The van der Waals surface area contributed by atoms with Gasteiger partial charge in [-0.25, -0.2) is 0 Å². The van der Waals surface area contributed by atoms with Crippen LogP contribution >= 0.6 is 24.4 Å². The first kappa shape index (κ1) is 14.8. The van der Waals surface area contributed by atoms with Gasteiger partial charge in [0.25, 0.3) is 0 Å². The van der Waals surface area contributed by atoms with Crippen LogP contribution in [0.1, 0.15) is 13.8 Å². The zero-order valence-corrected chi connectivity index (χ0v) is 11.4. The van der Waals surface area contributed by atoms with E-state index in [1.807, 2.05) is 0 Å². The van der Waals surface area contributed by atoms with Gasteiger partial charge in [0.1, 0.15) is 12.2 Å². The minimum Gasteiger partial charge on any atom is -0.457 e. The number of ether oxygens (including phenoxy) is 2. The molecule has 0 saturated carbocycles. The molecule has 4 atom stereocenters. The molecular formula is C10H16O5S2. The van der Waals surface area contributed by atoms with Gasteiger partial charge in [-0.05, 0) is 0 Å². The van der Waals surface area contributed by atoms with Crippen LogP contribution in [-0.4, -0.2) is 52.1 Å². The predicted octanol–water partition coefficient (Wildman–Crippen LogP) is 0.256. The van der Waals surface area contributed by atoms with Crippen molar-refractivity contribution in [2.45, 2.75) is 38.3 Å². The number of carbonyl (C=O) groups is 2. The lowest BCUT2D eigenvalue weighted by atomic mass is 10.1. The Morgan fingerprint density at radius 1 is 1.41 bits per heavy atom. The van der Waals surface area contributed by atoms with Crippen molar-refractivity contribution >= 4 is 35.5 Å². The molecule has 0 unspecified atom stereocenters. The summed E-state index contributed by atoms with van der Waals surface area (Å²) in [7, 11) is 0. The molecular weight excluding hydrogens is 264 g/mol. The molecule has 1 aliphatic rings. The summed E-state index contributed by atoms with van der Waals surface area (Å²) in [5, 5.41) is 9.91. The second-order valence-electron chi connectivity index (χ2n) is 3.76. The average Bonchev–Trinajstić information content (AvgIpc) is 2.53. The summed E-state index contributed by atoms with van der Waals surface area (Å²) in [6.45, 7) is 2.73. The van der Waals surface area contributed by atoms with E-state index in [-0.39, 0.29) is 5.12 Å². The summed E-state index contributed by atoms with van der Waals surface area (Å²) in [5.74, 6) is 0.221. The van der Waals surface area contributed by atoms with Crippen LogP contribution in [0.15, 0.2) is 0 Å². The third kappa shape index (κ3) is 4.17. The van der Waals surface area contributed by atoms with Crippen LogP contribution in [0.25, 0.3) is 0 Å². The van der Waals surface area contributed by atoms with Crippen LogP contribution in [0.3, 0.4) is 0 Å². The standard InChI is InChI=1S/C10H16O5S2/c1-5(11)14-10-7(3-16)15-8(9(10)13)4-17-6(2)12/h7-10,13,16H,3-4H2,1-2H3/t7-,8-,9+,10+/m0/s1. The van der Waals surface area contributed by atoms with E-state index in [1.54, 1.807) is 0 Å². The predicted molar refractivity (Wildman–Crippen MR) is 67.2 cm³/mol. The van der Waals surface area contributed by atoms with Gasteiger partial charge in [-0.15, -0.1) is 0 Å². The van der Waals surface area contributed by atoms with Crippen LogP contribution in [0.5, 0.6) is 0 Å². The van der Waals surface area contributed by atoms with Gasteiger partial charge in [-0.1, -0.05) is 11.8 Å². The molecule has 0 spiro atoms. The van der Waals surface area contributed by atoms with Gasteiger partial charge < -0.3 is 14.6 Å². The van der Waals surface area contributed by atoms with E-state index < -0.39 is 30.4 Å². The first-order valence-corrected chi connectivity index (χ1v) is 6.82. The highest BCUT2D eigenvalue weighted by molar-refractivity contribution is 8.13. The van der Waals surface area contributed by atoms with Crippen LogP contribution in [0, 0.1) is 0 Å². The maximum Gasteiger partial charge on any atom is 0.303 e. The zero-order valence-electron chi connectivity index (χ0n) is 9.66. The molecule has 0 aliphatic carbocycles. The first-order valence-electron chi connectivity index (χ1n) is 5.20. The van der Waals surface area contributed by atoms with Gasteiger partial charge in [0, 0.05) is 25.4 Å². The van der Waals surface area contributed by atoms with E-state index in [2.05, 4.69) is 12.6 Å². The maximum absolute atomic E-state index is 10.9. The van der Waals surface area contributed by atoms with Gasteiger partial charge in [0.05, 0.1) is 6.10 Å². The Morgan fingerprint density at radius 2 is 2.06 bits per heavy atom. The highest BCUT2D eigenvalue weighted by Gasteiger charge is 2.45. The van der Waals surface area contributed by atoms with Gasteiger partial charge in [-0.2, -0.15) is 12.6 Å². The van der Waals surface area contributed by atoms with Crippen molar-refractivity contribution in [3.05, 3.63) is 0 Å². The molecule has 1 heterocycles. The Morgan fingerprint density at radius 3 is 2.53 bits per heavy atom. The number of thiol groups is 1. The Bertz CT molecular complexity index is 296.